The fraction of sp³-hybridized carbons (Fsp3) is 0.467. The van der Waals surface area contributed by atoms with Gasteiger partial charge in [-0.15, -0.1) is 0 Å². The second kappa shape index (κ2) is 15.6. The molecule has 0 spiro atoms. The monoisotopic (exact) mass is 820 g/mol. The maximum Gasteiger partial charge on any atom is 0.262 e. The number of hydrogen-bond donors (Lipinski definition) is 2. The number of rotatable bonds is 10. The van der Waals surface area contributed by atoms with Crippen LogP contribution in [0.4, 0.5) is 11.4 Å². The molecule has 13 nitrogen and oxygen atoms in total. The molecule has 3 aromatic carbocycles. The summed E-state index contributed by atoms with van der Waals surface area (Å²) in [5.41, 5.74) is 2.77. The van der Waals surface area contributed by atoms with E-state index in [0.29, 0.717) is 34.4 Å². The Kier molecular flexibility index (Phi) is 10.7. The van der Waals surface area contributed by atoms with Crippen LogP contribution in [0.25, 0.3) is 0 Å². The lowest BCUT2D eigenvalue weighted by Crippen LogP contribution is -2.74. The van der Waals surface area contributed by atoms with E-state index < -0.39 is 29.7 Å². The van der Waals surface area contributed by atoms with Crippen molar-refractivity contribution in [2.75, 3.05) is 42.6 Å². The third kappa shape index (κ3) is 7.53. The molecule has 0 aromatic heterocycles. The first kappa shape index (κ1) is 40.3. The van der Waals surface area contributed by atoms with E-state index in [-0.39, 0.29) is 59.0 Å². The van der Waals surface area contributed by atoms with Crippen molar-refractivity contribution in [3.05, 3.63) is 87.9 Å². The zero-order valence-corrected chi connectivity index (χ0v) is 34.5. The van der Waals surface area contributed by atoms with E-state index in [2.05, 4.69) is 54.2 Å². The zero-order chi connectivity index (χ0) is 41.8. The van der Waals surface area contributed by atoms with E-state index in [4.69, 9.17) is 21.1 Å². The molecule has 308 valence electrons. The molecule has 0 radical (unpaired) electrons. The van der Waals surface area contributed by atoms with Crippen molar-refractivity contribution in [3.8, 4) is 11.8 Å². The predicted molar refractivity (Wildman–Crippen MR) is 220 cm³/mol. The average Bonchev–Trinajstić information content (AvgIpc) is 3.80. The Bertz CT molecular complexity index is 2230. The van der Waals surface area contributed by atoms with Crippen molar-refractivity contribution in [2.24, 2.45) is 16.7 Å². The van der Waals surface area contributed by atoms with E-state index in [1.54, 1.807) is 30.3 Å². The number of anilines is 2. The molecule has 3 saturated heterocycles. The molecule has 1 aliphatic carbocycles. The van der Waals surface area contributed by atoms with Gasteiger partial charge in [0.05, 0.1) is 34.4 Å². The Morgan fingerprint density at radius 3 is 2.22 bits per heavy atom. The summed E-state index contributed by atoms with van der Waals surface area (Å²) in [6, 6.07) is 19.1. The van der Waals surface area contributed by atoms with Crippen molar-refractivity contribution in [3.63, 3.8) is 0 Å². The van der Waals surface area contributed by atoms with Gasteiger partial charge in [-0.25, -0.2) is 0 Å². The van der Waals surface area contributed by atoms with E-state index in [1.807, 2.05) is 30.3 Å². The second-order valence-corrected chi connectivity index (χ2v) is 18.1. The van der Waals surface area contributed by atoms with Crippen LogP contribution in [0.2, 0.25) is 5.02 Å². The lowest BCUT2D eigenvalue weighted by molar-refractivity contribution is -0.164. The molecule has 5 aliphatic rings. The largest absolute Gasteiger partial charge is 0.489 e. The number of piperidine rings is 2. The summed E-state index contributed by atoms with van der Waals surface area (Å²) in [5, 5.41) is 15.1. The SMILES string of the molecule is CC1(C)C(NC(=O)c2ccc(N3CCC(OC[C@H]4CCN(c5ccc6c(c5)C(=O)N([C@H]5CCC(=O)NC5=O)C6=O)C4)CC3)cc2)C(C)(C)C1Oc1ccc(C#N)c(Cl)c1. The minimum atomic E-state index is -0.984. The average molecular weight is 821 g/mol. The molecule has 2 atom stereocenters. The van der Waals surface area contributed by atoms with Gasteiger partial charge >= 0.3 is 0 Å². The molecular weight excluding hydrogens is 772 g/mol. The second-order valence-electron chi connectivity index (χ2n) is 17.6. The Morgan fingerprint density at radius 2 is 1.54 bits per heavy atom. The number of nitrogens with zero attached hydrogens (tertiary/aromatic N) is 4. The number of carbonyl (C=O) groups is 5. The van der Waals surface area contributed by atoms with Crippen molar-refractivity contribution in [1.82, 2.24) is 15.5 Å². The first-order valence-corrected chi connectivity index (χ1v) is 20.8. The summed E-state index contributed by atoms with van der Waals surface area (Å²) >= 11 is 6.25. The fourth-order valence-corrected chi connectivity index (χ4v) is 10.3. The van der Waals surface area contributed by atoms with Crippen molar-refractivity contribution < 1.29 is 33.4 Å². The van der Waals surface area contributed by atoms with Crippen LogP contribution in [0.1, 0.15) is 96.4 Å². The van der Waals surface area contributed by atoms with E-state index in [1.165, 1.54) is 0 Å². The van der Waals surface area contributed by atoms with Crippen molar-refractivity contribution in [1.29, 1.82) is 5.26 Å². The van der Waals surface area contributed by atoms with Crippen LogP contribution in [0, 0.1) is 28.1 Å². The molecule has 3 aromatic rings. The maximum atomic E-state index is 13.5. The van der Waals surface area contributed by atoms with E-state index in [0.717, 1.165) is 61.7 Å². The predicted octanol–water partition coefficient (Wildman–Crippen LogP) is 5.74. The van der Waals surface area contributed by atoms with Gasteiger partial charge in [0.2, 0.25) is 11.8 Å². The highest BCUT2D eigenvalue weighted by atomic mass is 35.5. The number of halogens is 1. The number of nitrogens with one attached hydrogen (secondary N) is 2. The number of hydrogen-bond acceptors (Lipinski definition) is 10. The highest BCUT2D eigenvalue weighted by Crippen LogP contribution is 2.55. The van der Waals surface area contributed by atoms with Crippen LogP contribution in [0.3, 0.4) is 0 Å². The van der Waals surface area contributed by atoms with Crippen LogP contribution >= 0.6 is 11.6 Å². The van der Waals surface area contributed by atoms with Gasteiger partial charge in [-0.2, -0.15) is 5.26 Å². The number of ether oxygens (including phenoxy) is 2. The highest BCUT2D eigenvalue weighted by molar-refractivity contribution is 6.31. The van der Waals surface area contributed by atoms with Gasteiger partial charge in [0.25, 0.3) is 17.7 Å². The summed E-state index contributed by atoms with van der Waals surface area (Å²) in [5.74, 6) is -1.23. The number of fused-ring (bicyclic) bond motifs is 1. The zero-order valence-electron chi connectivity index (χ0n) is 33.8. The van der Waals surface area contributed by atoms with Gasteiger partial charge in [0, 0.05) is 78.4 Å². The summed E-state index contributed by atoms with van der Waals surface area (Å²) < 4.78 is 12.8. The summed E-state index contributed by atoms with van der Waals surface area (Å²) in [6.45, 7) is 12.3. The van der Waals surface area contributed by atoms with Crippen LogP contribution < -0.4 is 25.2 Å². The standard InChI is InChI=1S/C45H49ClN6O7/c1-44(2)42(45(3,4)43(44)59-32-11-7-28(23-47)35(46)22-32)49-38(54)27-5-8-29(9-6-27)50-19-16-31(17-20-50)58-25-26-15-18-51(24-26)30-10-12-33-34(21-30)41(57)52(40(33)56)36-13-14-37(53)48-39(36)55/h5-12,21-22,26,31,36,42-43H,13-20,24-25H2,1-4H3,(H,49,54)(H,48,53,55)/t26-,36-,42?,43?/m0/s1. The van der Waals surface area contributed by atoms with Gasteiger partial charge in [-0.3, -0.25) is 34.2 Å². The first-order valence-electron chi connectivity index (χ1n) is 20.4. The number of amides is 5. The summed E-state index contributed by atoms with van der Waals surface area (Å²) in [4.78, 5) is 69.5. The molecule has 0 unspecified atom stereocenters. The quantitative estimate of drug-likeness (QED) is 0.242. The number of benzene rings is 3. The molecular formula is C45H49ClN6O7. The first-order chi connectivity index (χ1) is 28.1. The lowest BCUT2D eigenvalue weighted by atomic mass is 9.49. The Labute approximate surface area is 348 Å². The topological polar surface area (TPSA) is 161 Å². The van der Waals surface area contributed by atoms with E-state index >= 15 is 0 Å². The van der Waals surface area contributed by atoms with Gasteiger partial charge in [-0.05, 0) is 80.3 Å². The summed E-state index contributed by atoms with van der Waals surface area (Å²) in [7, 11) is 0. The van der Waals surface area contributed by atoms with Crippen LogP contribution in [0.15, 0.2) is 60.7 Å². The minimum Gasteiger partial charge on any atom is -0.489 e. The van der Waals surface area contributed by atoms with Gasteiger partial charge < -0.3 is 24.6 Å². The Balaban J connectivity index is 0.786. The molecule has 2 N–H and O–H groups in total. The molecule has 4 fully saturated rings. The van der Waals surface area contributed by atoms with Crippen LogP contribution in [-0.2, 0) is 14.3 Å². The molecule has 0 bridgehead atoms. The Hall–Kier alpha value is -5.45. The number of nitriles is 1. The number of imide groups is 2. The molecule has 4 heterocycles. The fourth-order valence-electron chi connectivity index (χ4n) is 10.0. The van der Waals surface area contributed by atoms with Gasteiger partial charge in [0.1, 0.15) is 24.0 Å². The molecule has 5 amide bonds. The van der Waals surface area contributed by atoms with E-state index in [9.17, 15) is 29.2 Å². The molecule has 4 aliphatic heterocycles. The van der Waals surface area contributed by atoms with Crippen LogP contribution in [0.5, 0.6) is 5.75 Å². The van der Waals surface area contributed by atoms with Crippen LogP contribution in [-0.4, -0.2) is 91.5 Å². The normalized spacial score (nSPS) is 25.0. The maximum absolute atomic E-state index is 13.5. The Morgan fingerprint density at radius 1 is 0.864 bits per heavy atom. The van der Waals surface area contributed by atoms with Crippen molar-refractivity contribution in [2.45, 2.75) is 84.1 Å². The van der Waals surface area contributed by atoms with Gasteiger partial charge in [-0.1, -0.05) is 39.3 Å². The molecule has 1 saturated carbocycles. The lowest BCUT2D eigenvalue weighted by Gasteiger charge is -2.63. The molecule has 8 rings (SSSR count). The molecule has 14 heteroatoms. The van der Waals surface area contributed by atoms with Crippen molar-refractivity contribution >= 4 is 52.5 Å². The summed E-state index contributed by atoms with van der Waals surface area (Å²) in [6.07, 6.45) is 2.92. The minimum absolute atomic E-state index is 0.0832. The molecule has 59 heavy (non-hydrogen) atoms. The third-order valence-corrected chi connectivity index (χ3v) is 13.3. The third-order valence-electron chi connectivity index (χ3n) is 13.0. The van der Waals surface area contributed by atoms with Gasteiger partial charge in [0.15, 0.2) is 0 Å². The number of carbonyl (C=O) groups excluding carboxylic acids is 5. The highest BCUT2D eigenvalue weighted by Gasteiger charge is 2.64. The smallest absolute Gasteiger partial charge is 0.262 e.